The molecule has 0 saturated carbocycles. The summed E-state index contributed by atoms with van der Waals surface area (Å²) in [6.07, 6.45) is -4.93. The Bertz CT molecular complexity index is 363. The molecule has 0 atom stereocenters. The quantitative estimate of drug-likeness (QED) is 0.595. The van der Waals surface area contributed by atoms with E-state index in [1.54, 1.807) is 0 Å². The Hall–Kier alpha value is -0.850. The van der Waals surface area contributed by atoms with Crippen molar-refractivity contribution in [1.29, 1.82) is 0 Å². The topological polar surface area (TPSA) is 9.23 Å². The summed E-state index contributed by atoms with van der Waals surface area (Å²) in [7, 11) is 0. The summed E-state index contributed by atoms with van der Waals surface area (Å²) in [5.74, 6) is -3.33. The van der Waals surface area contributed by atoms with Crippen molar-refractivity contribution in [2.75, 3.05) is 0 Å². The Balaban J connectivity index is 3.14. The number of benzene rings is 1. The maximum absolute atomic E-state index is 13.0. The van der Waals surface area contributed by atoms with Crippen LogP contribution in [0.3, 0.4) is 0 Å². The normalized spacial score (nSPS) is 11.6. The molecule has 1 rings (SSSR count). The number of hydrogen-bond acceptors (Lipinski definition) is 1. The van der Waals surface area contributed by atoms with Gasteiger partial charge in [0.15, 0.2) is 11.6 Å². The Labute approximate surface area is 90.0 Å². The van der Waals surface area contributed by atoms with E-state index in [1.165, 1.54) is 0 Å². The first-order chi connectivity index (χ1) is 6.85. The zero-order chi connectivity index (χ0) is 11.6. The number of alkyl halides is 4. The van der Waals surface area contributed by atoms with Crippen LogP contribution in [0.1, 0.15) is 5.56 Å². The summed E-state index contributed by atoms with van der Waals surface area (Å²) in [4.78, 5) is 0. The molecule has 1 aromatic rings. The first kappa shape index (κ1) is 12.2. The van der Waals surface area contributed by atoms with Gasteiger partial charge in [0.05, 0.1) is 0 Å². The molecule has 15 heavy (non-hydrogen) atoms. The van der Waals surface area contributed by atoms with Gasteiger partial charge in [-0.1, -0.05) is 15.9 Å². The van der Waals surface area contributed by atoms with Crippen LogP contribution in [0.2, 0.25) is 0 Å². The lowest BCUT2D eigenvalue weighted by atomic mass is 10.2. The van der Waals surface area contributed by atoms with Gasteiger partial charge in [0.1, 0.15) is 5.75 Å². The van der Waals surface area contributed by atoms with E-state index >= 15 is 0 Å². The summed E-state index contributed by atoms with van der Waals surface area (Å²) in [6.45, 7) is 0. The van der Waals surface area contributed by atoms with E-state index in [0.717, 1.165) is 6.07 Å². The molecule has 0 bridgehead atoms. The average molecular weight is 291 g/mol. The van der Waals surface area contributed by atoms with Crippen LogP contribution in [-0.2, 0) is 5.33 Å². The maximum Gasteiger partial charge on any atom is 0.573 e. The molecule has 84 valence electrons. The highest BCUT2D eigenvalue weighted by Crippen LogP contribution is 2.30. The van der Waals surface area contributed by atoms with Crippen molar-refractivity contribution < 1.29 is 26.7 Å². The molecule has 0 amide bonds. The SMILES string of the molecule is Fc1ccc(OC(F)(F)F)c(CBr)c1F. The fourth-order valence-electron chi connectivity index (χ4n) is 0.920. The van der Waals surface area contributed by atoms with E-state index in [1.807, 2.05) is 0 Å². The molecular formula is C8H4BrF5O. The van der Waals surface area contributed by atoms with Crippen LogP contribution in [0, 0.1) is 11.6 Å². The summed E-state index contributed by atoms with van der Waals surface area (Å²) < 4.78 is 64.7. The van der Waals surface area contributed by atoms with Crippen molar-refractivity contribution in [3.8, 4) is 5.75 Å². The monoisotopic (exact) mass is 290 g/mol. The van der Waals surface area contributed by atoms with Gasteiger partial charge in [-0.2, -0.15) is 0 Å². The fourth-order valence-corrected chi connectivity index (χ4v) is 1.44. The fraction of sp³-hybridized carbons (Fsp3) is 0.250. The standard InChI is InChI=1S/C8H4BrF5O/c9-3-4-6(15-8(12,13)14)2-1-5(10)7(4)11/h1-2H,3H2. The first-order valence-corrected chi connectivity index (χ1v) is 4.76. The van der Waals surface area contributed by atoms with Gasteiger partial charge in [-0.3, -0.25) is 0 Å². The second kappa shape index (κ2) is 4.34. The predicted molar refractivity (Wildman–Crippen MR) is 45.7 cm³/mol. The van der Waals surface area contributed by atoms with E-state index in [2.05, 4.69) is 20.7 Å². The molecule has 0 saturated heterocycles. The summed E-state index contributed by atoms with van der Waals surface area (Å²) in [5, 5.41) is -0.276. The van der Waals surface area contributed by atoms with E-state index in [0.29, 0.717) is 6.07 Å². The zero-order valence-electron chi connectivity index (χ0n) is 7.04. The lowest BCUT2D eigenvalue weighted by Gasteiger charge is -2.12. The van der Waals surface area contributed by atoms with Crippen molar-refractivity contribution in [1.82, 2.24) is 0 Å². The van der Waals surface area contributed by atoms with Crippen LogP contribution >= 0.6 is 15.9 Å². The molecule has 0 aromatic heterocycles. The maximum atomic E-state index is 13.0. The molecule has 1 aromatic carbocycles. The van der Waals surface area contributed by atoms with Crippen LogP contribution in [-0.4, -0.2) is 6.36 Å². The Morgan fingerprint density at radius 3 is 2.27 bits per heavy atom. The number of halogens is 6. The highest BCUT2D eigenvalue weighted by molar-refractivity contribution is 9.08. The zero-order valence-corrected chi connectivity index (χ0v) is 8.62. The first-order valence-electron chi connectivity index (χ1n) is 3.63. The lowest BCUT2D eigenvalue weighted by Crippen LogP contribution is -2.18. The smallest absolute Gasteiger partial charge is 0.405 e. The third kappa shape index (κ3) is 3.05. The Morgan fingerprint density at radius 2 is 1.80 bits per heavy atom. The van der Waals surface area contributed by atoms with Gasteiger partial charge < -0.3 is 4.74 Å². The summed E-state index contributed by atoms with van der Waals surface area (Å²) in [6, 6.07) is 1.30. The molecular weight excluding hydrogens is 287 g/mol. The minimum Gasteiger partial charge on any atom is -0.405 e. The third-order valence-corrected chi connectivity index (χ3v) is 2.07. The minimum atomic E-state index is -4.93. The highest BCUT2D eigenvalue weighted by Gasteiger charge is 2.32. The number of hydrogen-bond donors (Lipinski definition) is 0. The molecule has 0 aliphatic heterocycles. The molecule has 0 heterocycles. The average Bonchev–Trinajstić information content (AvgIpc) is 2.10. The van der Waals surface area contributed by atoms with Crippen molar-refractivity contribution in [2.45, 2.75) is 11.7 Å². The largest absolute Gasteiger partial charge is 0.573 e. The Kier molecular flexibility index (Phi) is 3.54. The van der Waals surface area contributed by atoms with Crippen LogP contribution in [0.5, 0.6) is 5.75 Å². The predicted octanol–water partition coefficient (Wildman–Crippen LogP) is 3.76. The number of ether oxygens (including phenoxy) is 1. The second-order valence-corrected chi connectivity index (χ2v) is 3.08. The van der Waals surface area contributed by atoms with Crippen molar-refractivity contribution in [3.05, 3.63) is 29.3 Å². The van der Waals surface area contributed by atoms with Gasteiger partial charge in [0.2, 0.25) is 0 Å². The van der Waals surface area contributed by atoms with E-state index < -0.39 is 29.3 Å². The summed E-state index contributed by atoms with van der Waals surface area (Å²) >= 11 is 2.75. The van der Waals surface area contributed by atoms with Crippen LogP contribution in [0.15, 0.2) is 12.1 Å². The Morgan fingerprint density at radius 1 is 1.20 bits per heavy atom. The van der Waals surface area contributed by atoms with E-state index in [9.17, 15) is 22.0 Å². The van der Waals surface area contributed by atoms with Gasteiger partial charge >= 0.3 is 6.36 Å². The van der Waals surface area contributed by atoms with Crippen LogP contribution in [0.4, 0.5) is 22.0 Å². The summed E-state index contributed by atoms with van der Waals surface area (Å²) in [5.41, 5.74) is -0.507. The molecule has 0 aliphatic rings. The van der Waals surface area contributed by atoms with E-state index in [4.69, 9.17) is 0 Å². The van der Waals surface area contributed by atoms with Crippen LogP contribution < -0.4 is 4.74 Å². The van der Waals surface area contributed by atoms with Gasteiger partial charge in [0, 0.05) is 10.9 Å². The molecule has 0 fully saturated rings. The van der Waals surface area contributed by atoms with Gasteiger partial charge in [-0.05, 0) is 12.1 Å². The van der Waals surface area contributed by atoms with Gasteiger partial charge in [0.25, 0.3) is 0 Å². The second-order valence-electron chi connectivity index (χ2n) is 2.52. The van der Waals surface area contributed by atoms with Crippen molar-refractivity contribution in [2.24, 2.45) is 0 Å². The lowest BCUT2D eigenvalue weighted by molar-refractivity contribution is -0.274. The molecule has 0 spiro atoms. The third-order valence-electron chi connectivity index (χ3n) is 1.51. The molecule has 0 unspecified atom stereocenters. The molecule has 1 nitrogen and oxygen atoms in total. The molecule has 0 N–H and O–H groups in total. The number of rotatable bonds is 2. The highest BCUT2D eigenvalue weighted by atomic mass is 79.9. The molecule has 7 heteroatoms. The van der Waals surface area contributed by atoms with Crippen LogP contribution in [0.25, 0.3) is 0 Å². The van der Waals surface area contributed by atoms with Crippen molar-refractivity contribution >= 4 is 15.9 Å². The molecule has 0 aliphatic carbocycles. The minimum absolute atomic E-state index is 0.276. The van der Waals surface area contributed by atoms with E-state index in [-0.39, 0.29) is 5.33 Å². The van der Waals surface area contributed by atoms with Gasteiger partial charge in [-0.25, -0.2) is 8.78 Å². The van der Waals surface area contributed by atoms with Gasteiger partial charge in [-0.15, -0.1) is 13.2 Å². The molecule has 0 radical (unpaired) electrons. The van der Waals surface area contributed by atoms with Crippen molar-refractivity contribution in [3.63, 3.8) is 0 Å².